The molecular formula is C14H16N2O2. The summed E-state index contributed by atoms with van der Waals surface area (Å²) in [6.07, 6.45) is 2.23. The van der Waals surface area contributed by atoms with Gasteiger partial charge in [0.25, 0.3) is 0 Å². The average molecular weight is 244 g/mol. The van der Waals surface area contributed by atoms with Gasteiger partial charge in [-0.25, -0.2) is 0 Å². The normalized spacial score (nSPS) is 12.3. The Hall–Kier alpha value is -1.94. The molecule has 4 heteroatoms. The zero-order valence-electron chi connectivity index (χ0n) is 10.3. The van der Waals surface area contributed by atoms with E-state index >= 15 is 0 Å². The Morgan fingerprint density at radius 3 is 3.06 bits per heavy atom. The van der Waals surface area contributed by atoms with E-state index in [4.69, 9.17) is 10.5 Å². The molecule has 0 aliphatic rings. The van der Waals surface area contributed by atoms with Gasteiger partial charge in [-0.2, -0.15) is 0 Å². The van der Waals surface area contributed by atoms with Gasteiger partial charge >= 0.3 is 5.97 Å². The van der Waals surface area contributed by atoms with Gasteiger partial charge in [-0.15, -0.1) is 0 Å². The second-order valence-electron chi connectivity index (χ2n) is 4.09. The number of pyridine rings is 1. The maximum Gasteiger partial charge on any atom is 0.323 e. The predicted octanol–water partition coefficient (Wildman–Crippen LogP) is 1.67. The van der Waals surface area contributed by atoms with Gasteiger partial charge in [-0.1, -0.05) is 12.1 Å². The van der Waals surface area contributed by atoms with Crippen LogP contribution in [0.2, 0.25) is 0 Å². The molecule has 4 nitrogen and oxygen atoms in total. The highest BCUT2D eigenvalue weighted by atomic mass is 16.5. The van der Waals surface area contributed by atoms with Crippen molar-refractivity contribution >= 4 is 16.9 Å². The lowest BCUT2D eigenvalue weighted by Crippen LogP contribution is -2.34. The van der Waals surface area contributed by atoms with E-state index in [1.165, 1.54) is 0 Å². The summed E-state index contributed by atoms with van der Waals surface area (Å²) in [7, 11) is 0. The van der Waals surface area contributed by atoms with Gasteiger partial charge in [-0.05, 0) is 37.1 Å². The van der Waals surface area contributed by atoms with E-state index in [-0.39, 0.29) is 5.97 Å². The van der Waals surface area contributed by atoms with Crippen molar-refractivity contribution in [3.63, 3.8) is 0 Å². The molecule has 0 amide bonds. The largest absolute Gasteiger partial charge is 0.465 e. The Balaban J connectivity index is 2.14. The highest BCUT2D eigenvalue weighted by Gasteiger charge is 2.15. The summed E-state index contributed by atoms with van der Waals surface area (Å²) < 4.78 is 4.89. The van der Waals surface area contributed by atoms with Crippen LogP contribution in [-0.4, -0.2) is 23.6 Å². The third-order valence-electron chi connectivity index (χ3n) is 2.71. The van der Waals surface area contributed by atoms with Crippen LogP contribution < -0.4 is 5.73 Å². The third kappa shape index (κ3) is 2.84. The standard InChI is InChI=1S/C14H16N2O2/c1-2-18-14(17)12(15)9-10-5-6-13-11(8-10)4-3-7-16-13/h3-8,12H,2,9,15H2,1H3/t12-/m0/s1. The molecule has 0 saturated carbocycles. The van der Waals surface area contributed by atoms with Crippen LogP contribution in [0.1, 0.15) is 12.5 Å². The molecule has 0 bridgehead atoms. The van der Waals surface area contributed by atoms with Crippen LogP contribution >= 0.6 is 0 Å². The second-order valence-corrected chi connectivity index (χ2v) is 4.09. The summed E-state index contributed by atoms with van der Waals surface area (Å²) in [4.78, 5) is 15.7. The maximum absolute atomic E-state index is 11.5. The smallest absolute Gasteiger partial charge is 0.323 e. The van der Waals surface area contributed by atoms with Crippen molar-refractivity contribution in [1.29, 1.82) is 0 Å². The second kappa shape index (κ2) is 5.60. The van der Waals surface area contributed by atoms with Crippen molar-refractivity contribution in [3.05, 3.63) is 42.1 Å². The van der Waals surface area contributed by atoms with E-state index in [2.05, 4.69) is 4.98 Å². The fourth-order valence-electron chi connectivity index (χ4n) is 1.84. The molecule has 1 aromatic carbocycles. The summed E-state index contributed by atoms with van der Waals surface area (Å²) in [6.45, 7) is 2.13. The van der Waals surface area contributed by atoms with Crippen LogP contribution in [0, 0.1) is 0 Å². The Morgan fingerprint density at radius 1 is 1.44 bits per heavy atom. The van der Waals surface area contributed by atoms with E-state index < -0.39 is 6.04 Å². The molecule has 0 saturated heterocycles. The van der Waals surface area contributed by atoms with Crippen molar-refractivity contribution in [2.24, 2.45) is 5.73 Å². The molecule has 1 heterocycles. The van der Waals surface area contributed by atoms with Gasteiger partial charge in [0.15, 0.2) is 0 Å². The molecule has 0 spiro atoms. The molecule has 2 N–H and O–H groups in total. The lowest BCUT2D eigenvalue weighted by Gasteiger charge is -2.10. The number of carbonyl (C=O) groups excluding carboxylic acids is 1. The number of aromatic nitrogens is 1. The SMILES string of the molecule is CCOC(=O)[C@@H](N)Cc1ccc2ncccc2c1. The minimum absolute atomic E-state index is 0.355. The Morgan fingerprint density at radius 2 is 2.28 bits per heavy atom. The maximum atomic E-state index is 11.5. The first-order valence-corrected chi connectivity index (χ1v) is 5.96. The van der Waals surface area contributed by atoms with Gasteiger partial charge in [0.05, 0.1) is 12.1 Å². The molecule has 0 unspecified atom stereocenters. The summed E-state index contributed by atoms with van der Waals surface area (Å²) in [5, 5.41) is 1.05. The van der Waals surface area contributed by atoms with Crippen molar-refractivity contribution in [3.8, 4) is 0 Å². The van der Waals surface area contributed by atoms with Crippen LogP contribution in [0.3, 0.4) is 0 Å². The van der Waals surface area contributed by atoms with Crippen LogP contribution in [-0.2, 0) is 16.0 Å². The Bertz CT molecular complexity index is 554. The third-order valence-corrected chi connectivity index (χ3v) is 2.71. The van der Waals surface area contributed by atoms with Crippen molar-refractivity contribution in [1.82, 2.24) is 4.98 Å². The van der Waals surface area contributed by atoms with Crippen LogP contribution in [0.25, 0.3) is 10.9 Å². The number of benzene rings is 1. The first-order valence-electron chi connectivity index (χ1n) is 5.96. The topological polar surface area (TPSA) is 65.2 Å². The predicted molar refractivity (Wildman–Crippen MR) is 70.1 cm³/mol. The average Bonchev–Trinajstić information content (AvgIpc) is 2.39. The van der Waals surface area contributed by atoms with Gasteiger partial charge in [0, 0.05) is 11.6 Å². The molecule has 1 atom stereocenters. The molecule has 0 radical (unpaired) electrons. The Kier molecular flexibility index (Phi) is 3.89. The zero-order valence-corrected chi connectivity index (χ0v) is 10.3. The van der Waals surface area contributed by atoms with Crippen LogP contribution in [0.5, 0.6) is 0 Å². The van der Waals surface area contributed by atoms with E-state index in [1.54, 1.807) is 13.1 Å². The molecule has 2 rings (SSSR count). The van der Waals surface area contributed by atoms with Gasteiger partial charge in [-0.3, -0.25) is 9.78 Å². The Labute approximate surface area is 106 Å². The molecule has 0 aliphatic carbocycles. The highest BCUT2D eigenvalue weighted by Crippen LogP contribution is 2.14. The van der Waals surface area contributed by atoms with Crippen LogP contribution in [0.15, 0.2) is 36.5 Å². The summed E-state index contributed by atoms with van der Waals surface area (Å²) >= 11 is 0. The number of nitrogens with zero attached hydrogens (tertiary/aromatic N) is 1. The number of fused-ring (bicyclic) bond motifs is 1. The number of nitrogens with two attached hydrogens (primary N) is 1. The minimum atomic E-state index is -0.612. The lowest BCUT2D eigenvalue weighted by atomic mass is 10.0. The van der Waals surface area contributed by atoms with Crippen molar-refractivity contribution in [2.45, 2.75) is 19.4 Å². The van der Waals surface area contributed by atoms with E-state index in [1.807, 2.05) is 30.3 Å². The van der Waals surface area contributed by atoms with Gasteiger partial charge in [0.2, 0.25) is 0 Å². The number of rotatable bonds is 4. The highest BCUT2D eigenvalue weighted by molar-refractivity contribution is 5.80. The fourth-order valence-corrected chi connectivity index (χ4v) is 1.84. The monoisotopic (exact) mass is 244 g/mol. The molecule has 94 valence electrons. The molecule has 1 aromatic heterocycles. The number of esters is 1. The number of hydrogen-bond acceptors (Lipinski definition) is 4. The molecule has 18 heavy (non-hydrogen) atoms. The van der Waals surface area contributed by atoms with E-state index in [0.717, 1.165) is 16.5 Å². The van der Waals surface area contributed by atoms with Gasteiger partial charge < -0.3 is 10.5 Å². The van der Waals surface area contributed by atoms with Crippen LogP contribution in [0.4, 0.5) is 0 Å². The quantitative estimate of drug-likeness (QED) is 0.831. The molecule has 2 aromatic rings. The first-order chi connectivity index (χ1) is 8.70. The van der Waals surface area contributed by atoms with E-state index in [0.29, 0.717) is 13.0 Å². The molecule has 0 aliphatic heterocycles. The number of hydrogen-bond donors (Lipinski definition) is 1. The summed E-state index contributed by atoms with van der Waals surface area (Å²) in [5.74, 6) is -0.358. The van der Waals surface area contributed by atoms with E-state index in [9.17, 15) is 4.79 Å². The minimum Gasteiger partial charge on any atom is -0.465 e. The van der Waals surface area contributed by atoms with Crippen molar-refractivity contribution < 1.29 is 9.53 Å². The summed E-state index contributed by atoms with van der Waals surface area (Å²) in [5.41, 5.74) is 7.74. The number of ether oxygens (including phenoxy) is 1. The summed E-state index contributed by atoms with van der Waals surface area (Å²) in [6, 6.07) is 9.14. The van der Waals surface area contributed by atoms with Gasteiger partial charge in [0.1, 0.15) is 6.04 Å². The first kappa shape index (κ1) is 12.5. The zero-order chi connectivity index (χ0) is 13.0. The van der Waals surface area contributed by atoms with Crippen molar-refractivity contribution in [2.75, 3.05) is 6.61 Å². The molecule has 0 fully saturated rings. The lowest BCUT2D eigenvalue weighted by molar-refractivity contribution is -0.144. The molecular weight excluding hydrogens is 228 g/mol. The number of carbonyl (C=O) groups is 1. The fraction of sp³-hybridized carbons (Fsp3) is 0.286.